The third kappa shape index (κ3) is 3.30. The maximum atomic E-state index is 9.61. The number of nitrogens with two attached hydrogens (primary N) is 1. The lowest BCUT2D eigenvalue weighted by Gasteiger charge is -2.19. The van der Waals surface area contributed by atoms with Crippen LogP contribution in [0.2, 0.25) is 0 Å². The fourth-order valence-corrected chi connectivity index (χ4v) is 1.39. The van der Waals surface area contributed by atoms with Crippen molar-refractivity contribution in [3.8, 4) is 0 Å². The molecule has 0 bridgehead atoms. The van der Waals surface area contributed by atoms with Gasteiger partial charge in [-0.05, 0) is 16.5 Å². The van der Waals surface area contributed by atoms with E-state index < -0.39 is 6.10 Å². The van der Waals surface area contributed by atoms with Crippen LogP contribution in [0.1, 0.15) is 38.0 Å². The van der Waals surface area contributed by atoms with E-state index in [9.17, 15) is 5.11 Å². The van der Waals surface area contributed by atoms with Crippen molar-refractivity contribution in [2.45, 2.75) is 32.3 Å². The van der Waals surface area contributed by atoms with Gasteiger partial charge in [0.15, 0.2) is 0 Å². The van der Waals surface area contributed by atoms with E-state index >= 15 is 0 Å². The summed E-state index contributed by atoms with van der Waals surface area (Å²) in [6, 6.07) is 7.86. The third-order valence-electron chi connectivity index (χ3n) is 2.42. The molecular formula is C12H19NO2. The molecule has 0 aliphatic carbocycles. The lowest BCUT2D eigenvalue weighted by atomic mass is 9.86. The van der Waals surface area contributed by atoms with Crippen molar-refractivity contribution in [1.29, 1.82) is 0 Å². The molecule has 3 nitrogen and oxygen atoms in total. The zero-order valence-corrected chi connectivity index (χ0v) is 9.53. The van der Waals surface area contributed by atoms with E-state index in [1.165, 1.54) is 5.56 Å². The van der Waals surface area contributed by atoms with Gasteiger partial charge in [0.2, 0.25) is 0 Å². The summed E-state index contributed by atoms with van der Waals surface area (Å²) in [7, 11) is 0. The van der Waals surface area contributed by atoms with E-state index in [0.29, 0.717) is 0 Å². The quantitative estimate of drug-likeness (QED) is 0.748. The van der Waals surface area contributed by atoms with Crippen LogP contribution < -0.4 is 5.90 Å². The standard InChI is InChI=1S/C12H19NO2/c1-12(2,3)10-6-4-9(5-7-10)11(14)8-15-13/h4-7,11,14H,8,13H2,1-3H3. The molecule has 0 aromatic heterocycles. The van der Waals surface area contributed by atoms with E-state index in [1.807, 2.05) is 24.3 Å². The second-order valence-corrected chi connectivity index (χ2v) is 4.72. The Bertz CT molecular complexity index is 300. The van der Waals surface area contributed by atoms with Crippen molar-refractivity contribution in [2.24, 2.45) is 5.90 Å². The summed E-state index contributed by atoms with van der Waals surface area (Å²) in [6.45, 7) is 6.58. The van der Waals surface area contributed by atoms with Gasteiger partial charge >= 0.3 is 0 Å². The summed E-state index contributed by atoms with van der Waals surface area (Å²) in [5.41, 5.74) is 2.20. The molecule has 0 aliphatic rings. The molecule has 0 radical (unpaired) electrons. The molecule has 0 saturated heterocycles. The van der Waals surface area contributed by atoms with Crippen LogP contribution in [0.5, 0.6) is 0 Å². The Hall–Kier alpha value is -0.900. The second kappa shape index (κ2) is 4.75. The topological polar surface area (TPSA) is 55.5 Å². The second-order valence-electron chi connectivity index (χ2n) is 4.72. The maximum absolute atomic E-state index is 9.61. The number of hydrogen-bond acceptors (Lipinski definition) is 3. The lowest BCUT2D eigenvalue weighted by molar-refractivity contribution is 0.0359. The molecule has 0 spiro atoms. The zero-order valence-electron chi connectivity index (χ0n) is 9.53. The molecule has 0 aliphatic heterocycles. The van der Waals surface area contributed by atoms with Crippen LogP contribution >= 0.6 is 0 Å². The van der Waals surface area contributed by atoms with Crippen LogP contribution in [0, 0.1) is 0 Å². The fraction of sp³-hybridized carbons (Fsp3) is 0.500. The number of aliphatic hydroxyl groups is 1. The average Bonchev–Trinajstić information content (AvgIpc) is 2.17. The van der Waals surface area contributed by atoms with Gasteiger partial charge in [-0.2, -0.15) is 0 Å². The summed E-state index contributed by atoms with van der Waals surface area (Å²) < 4.78 is 0. The molecule has 1 rings (SSSR count). The first kappa shape index (κ1) is 12.2. The molecule has 1 atom stereocenters. The highest BCUT2D eigenvalue weighted by atomic mass is 16.6. The minimum absolute atomic E-state index is 0.120. The van der Waals surface area contributed by atoms with Gasteiger partial charge in [-0.15, -0.1) is 0 Å². The Kier molecular flexibility index (Phi) is 3.85. The summed E-state index contributed by atoms with van der Waals surface area (Å²) >= 11 is 0. The smallest absolute Gasteiger partial charge is 0.104 e. The Morgan fingerprint density at radius 2 is 1.80 bits per heavy atom. The predicted molar refractivity (Wildman–Crippen MR) is 60.2 cm³/mol. The van der Waals surface area contributed by atoms with Crippen molar-refractivity contribution in [2.75, 3.05) is 6.61 Å². The number of hydrogen-bond donors (Lipinski definition) is 2. The van der Waals surface area contributed by atoms with Crippen molar-refractivity contribution < 1.29 is 9.94 Å². The SMILES string of the molecule is CC(C)(C)c1ccc(C(O)CON)cc1. The monoisotopic (exact) mass is 209 g/mol. The van der Waals surface area contributed by atoms with Crippen molar-refractivity contribution in [3.05, 3.63) is 35.4 Å². The molecule has 0 amide bonds. The van der Waals surface area contributed by atoms with E-state index in [2.05, 4.69) is 25.6 Å². The van der Waals surface area contributed by atoms with E-state index in [4.69, 9.17) is 5.90 Å². The Labute approximate surface area is 90.8 Å². The lowest BCUT2D eigenvalue weighted by Crippen LogP contribution is -2.13. The molecule has 1 aromatic carbocycles. The molecule has 1 unspecified atom stereocenters. The van der Waals surface area contributed by atoms with Gasteiger partial charge in [-0.1, -0.05) is 45.0 Å². The van der Waals surface area contributed by atoms with Crippen LogP contribution in [0.15, 0.2) is 24.3 Å². The average molecular weight is 209 g/mol. The molecule has 0 heterocycles. The van der Waals surface area contributed by atoms with Crippen molar-refractivity contribution in [1.82, 2.24) is 0 Å². The molecular weight excluding hydrogens is 190 g/mol. The normalized spacial score (nSPS) is 13.9. The number of aliphatic hydroxyl groups excluding tert-OH is 1. The summed E-state index contributed by atoms with van der Waals surface area (Å²) in [6.07, 6.45) is -0.649. The molecule has 15 heavy (non-hydrogen) atoms. The van der Waals surface area contributed by atoms with E-state index in [1.54, 1.807) is 0 Å². The van der Waals surface area contributed by atoms with Gasteiger partial charge in [0.25, 0.3) is 0 Å². The van der Waals surface area contributed by atoms with Crippen molar-refractivity contribution >= 4 is 0 Å². The van der Waals surface area contributed by atoms with E-state index in [0.717, 1.165) is 5.56 Å². The third-order valence-corrected chi connectivity index (χ3v) is 2.42. The highest BCUT2D eigenvalue weighted by molar-refractivity contribution is 5.28. The zero-order chi connectivity index (χ0) is 11.5. The van der Waals surface area contributed by atoms with Gasteiger partial charge < -0.3 is 9.94 Å². The van der Waals surface area contributed by atoms with Gasteiger partial charge in [-0.25, -0.2) is 5.90 Å². The summed E-state index contributed by atoms with van der Waals surface area (Å²) in [4.78, 5) is 4.41. The first-order valence-electron chi connectivity index (χ1n) is 5.05. The highest BCUT2D eigenvalue weighted by Gasteiger charge is 2.14. The highest BCUT2D eigenvalue weighted by Crippen LogP contribution is 2.23. The number of benzene rings is 1. The summed E-state index contributed by atoms with van der Waals surface area (Å²) in [5, 5.41) is 9.61. The largest absolute Gasteiger partial charge is 0.386 e. The van der Waals surface area contributed by atoms with Crippen LogP contribution in [0.4, 0.5) is 0 Å². The Morgan fingerprint density at radius 1 is 1.27 bits per heavy atom. The van der Waals surface area contributed by atoms with Gasteiger partial charge in [-0.3, -0.25) is 0 Å². The van der Waals surface area contributed by atoms with Crippen LogP contribution in [-0.2, 0) is 10.3 Å². The maximum Gasteiger partial charge on any atom is 0.104 e. The Balaban J connectivity index is 2.81. The van der Waals surface area contributed by atoms with Gasteiger partial charge in [0, 0.05) is 0 Å². The number of rotatable bonds is 3. The first-order valence-corrected chi connectivity index (χ1v) is 5.05. The van der Waals surface area contributed by atoms with Gasteiger partial charge in [0.1, 0.15) is 6.10 Å². The summed E-state index contributed by atoms with van der Waals surface area (Å²) in [5.74, 6) is 4.91. The van der Waals surface area contributed by atoms with E-state index in [-0.39, 0.29) is 12.0 Å². The van der Waals surface area contributed by atoms with Crippen LogP contribution in [0.25, 0.3) is 0 Å². The predicted octanol–water partition coefficient (Wildman–Crippen LogP) is 1.91. The minimum Gasteiger partial charge on any atom is -0.386 e. The molecule has 84 valence electrons. The molecule has 3 heteroatoms. The van der Waals surface area contributed by atoms with Crippen molar-refractivity contribution in [3.63, 3.8) is 0 Å². The molecule has 3 N–H and O–H groups in total. The molecule has 0 fully saturated rings. The molecule has 1 aromatic rings. The first-order chi connectivity index (χ1) is 6.95. The van der Waals surface area contributed by atoms with Gasteiger partial charge in [0.05, 0.1) is 6.61 Å². The Morgan fingerprint density at radius 3 is 2.20 bits per heavy atom. The van der Waals surface area contributed by atoms with Crippen LogP contribution in [0.3, 0.4) is 0 Å². The van der Waals surface area contributed by atoms with Crippen LogP contribution in [-0.4, -0.2) is 11.7 Å². The minimum atomic E-state index is -0.649. The fourth-order valence-electron chi connectivity index (χ4n) is 1.39. The molecule has 0 saturated carbocycles.